The quantitative estimate of drug-likeness (QED) is 0.559. The number of fused-ring (bicyclic) bond motifs is 5. The maximum Gasteiger partial charge on any atom is 0.185 e. The summed E-state index contributed by atoms with van der Waals surface area (Å²) in [6.45, 7) is 1.68. The predicted molar refractivity (Wildman–Crippen MR) is 106 cm³/mol. The number of rotatable bonds is 8. The fourth-order valence-corrected chi connectivity index (χ4v) is 9.32. The Labute approximate surface area is 152 Å². The third-order valence-corrected chi connectivity index (χ3v) is 10.4. The van der Waals surface area contributed by atoms with Gasteiger partial charge < -0.3 is 0 Å². The van der Waals surface area contributed by atoms with Crippen LogP contribution in [-0.4, -0.2) is 44.9 Å². The fraction of sp³-hybridized carbons (Fsp3) is 0.941. The third-order valence-electron chi connectivity index (χ3n) is 5.72. The molecule has 3 saturated carbocycles. The average molecular weight is 377 g/mol. The maximum atomic E-state index is 11.0. The van der Waals surface area contributed by atoms with Crippen molar-refractivity contribution in [3.05, 3.63) is 0 Å². The van der Waals surface area contributed by atoms with Gasteiger partial charge in [0.05, 0.1) is 0 Å². The second-order valence-corrected chi connectivity index (χ2v) is 11.9. The Morgan fingerprint density at radius 3 is 2.45 bits per heavy atom. The highest BCUT2D eigenvalue weighted by molar-refractivity contribution is 8.14. The van der Waals surface area contributed by atoms with E-state index in [2.05, 4.69) is 29.8 Å². The normalized spacial score (nSPS) is 39.4. The molecule has 0 aromatic heterocycles. The molecule has 3 aliphatic rings. The molecule has 2 bridgehead atoms. The van der Waals surface area contributed by atoms with E-state index < -0.39 is 0 Å². The molecule has 0 aromatic carbocycles. The minimum absolute atomic E-state index is 0.270. The molecule has 0 aromatic rings. The first kappa shape index (κ1) is 17.9. The molecule has 0 aliphatic heterocycles. The standard InChI is InChI=1S/C17H28OS4/c1-11(18)20-5-6-21-13-9-14-12-7-16(15(14)10-13)17(8-12)22-4-3-19-2/h12-17H,3-10H2,1-2H3. The highest BCUT2D eigenvalue weighted by Crippen LogP contribution is 2.62. The molecule has 0 radical (unpaired) electrons. The van der Waals surface area contributed by atoms with Crippen molar-refractivity contribution in [2.45, 2.75) is 43.1 Å². The van der Waals surface area contributed by atoms with E-state index in [1.807, 2.05) is 11.8 Å². The largest absolute Gasteiger partial charge is 0.288 e. The Bertz CT molecular complexity index is 389. The molecule has 3 aliphatic carbocycles. The zero-order chi connectivity index (χ0) is 15.5. The van der Waals surface area contributed by atoms with E-state index in [-0.39, 0.29) is 5.12 Å². The SMILES string of the molecule is CSCCSC1CC2CC1C1CC(SCCSC(C)=O)CC21. The summed E-state index contributed by atoms with van der Waals surface area (Å²) in [5, 5.41) is 2.14. The molecule has 0 heterocycles. The molecule has 1 nitrogen and oxygen atoms in total. The molecule has 0 amide bonds. The summed E-state index contributed by atoms with van der Waals surface area (Å²) < 4.78 is 0. The van der Waals surface area contributed by atoms with Crippen LogP contribution < -0.4 is 0 Å². The molecule has 126 valence electrons. The number of hydrogen-bond donors (Lipinski definition) is 0. The Morgan fingerprint density at radius 1 is 0.909 bits per heavy atom. The second-order valence-electron chi connectivity index (χ2n) is 6.93. The second kappa shape index (κ2) is 8.44. The number of carbonyl (C=O) groups excluding carboxylic acids is 1. The summed E-state index contributed by atoms with van der Waals surface area (Å²) in [5.41, 5.74) is 0. The molecule has 0 spiro atoms. The molecule has 5 heteroatoms. The van der Waals surface area contributed by atoms with Gasteiger partial charge in [0.1, 0.15) is 0 Å². The molecule has 0 N–H and O–H groups in total. The maximum absolute atomic E-state index is 11.0. The fourth-order valence-electron chi connectivity index (χ4n) is 4.97. The van der Waals surface area contributed by atoms with Gasteiger partial charge in [-0.25, -0.2) is 0 Å². The lowest BCUT2D eigenvalue weighted by atomic mass is 9.81. The third kappa shape index (κ3) is 4.18. The molecular formula is C17H28OS4. The van der Waals surface area contributed by atoms with Crippen LogP contribution in [-0.2, 0) is 4.79 Å². The van der Waals surface area contributed by atoms with Gasteiger partial charge in [-0.2, -0.15) is 35.3 Å². The summed E-state index contributed by atoms with van der Waals surface area (Å²) in [7, 11) is 0. The van der Waals surface area contributed by atoms with Gasteiger partial charge in [0.2, 0.25) is 0 Å². The lowest BCUT2D eigenvalue weighted by Crippen LogP contribution is -2.26. The van der Waals surface area contributed by atoms with Crippen LogP contribution in [0.25, 0.3) is 0 Å². The molecule has 6 atom stereocenters. The molecule has 22 heavy (non-hydrogen) atoms. The van der Waals surface area contributed by atoms with Crippen molar-refractivity contribution in [2.24, 2.45) is 23.7 Å². The minimum atomic E-state index is 0.270. The Morgan fingerprint density at radius 2 is 1.68 bits per heavy atom. The van der Waals surface area contributed by atoms with Gasteiger partial charge in [-0.15, -0.1) is 0 Å². The van der Waals surface area contributed by atoms with Crippen LogP contribution in [0, 0.1) is 23.7 Å². The first-order valence-electron chi connectivity index (χ1n) is 8.54. The van der Waals surface area contributed by atoms with Crippen molar-refractivity contribution in [2.75, 3.05) is 29.3 Å². The van der Waals surface area contributed by atoms with E-state index in [0.717, 1.165) is 45.7 Å². The van der Waals surface area contributed by atoms with Crippen LogP contribution in [0.5, 0.6) is 0 Å². The van der Waals surface area contributed by atoms with Gasteiger partial charge in [0.25, 0.3) is 0 Å². The summed E-state index contributed by atoms with van der Waals surface area (Å²) in [6, 6.07) is 0. The van der Waals surface area contributed by atoms with Gasteiger partial charge in [-0.05, 0) is 55.6 Å². The van der Waals surface area contributed by atoms with E-state index >= 15 is 0 Å². The predicted octanol–water partition coefficient (Wildman–Crippen LogP) is 4.90. The van der Waals surface area contributed by atoms with Crippen LogP contribution in [0.2, 0.25) is 0 Å². The Kier molecular flexibility index (Phi) is 6.86. The van der Waals surface area contributed by atoms with Crippen molar-refractivity contribution >= 4 is 52.2 Å². The minimum Gasteiger partial charge on any atom is -0.288 e. The van der Waals surface area contributed by atoms with Gasteiger partial charge >= 0.3 is 0 Å². The van der Waals surface area contributed by atoms with Gasteiger partial charge in [-0.1, -0.05) is 11.8 Å². The number of carbonyl (C=O) groups is 1. The van der Waals surface area contributed by atoms with Crippen LogP contribution in [0.15, 0.2) is 0 Å². The first-order chi connectivity index (χ1) is 10.7. The highest BCUT2D eigenvalue weighted by atomic mass is 32.2. The van der Waals surface area contributed by atoms with E-state index in [0.29, 0.717) is 0 Å². The van der Waals surface area contributed by atoms with Crippen molar-refractivity contribution < 1.29 is 4.79 Å². The monoisotopic (exact) mass is 376 g/mol. The van der Waals surface area contributed by atoms with Gasteiger partial charge in [-0.3, -0.25) is 4.79 Å². The average Bonchev–Trinajstić information content (AvgIpc) is 3.14. The van der Waals surface area contributed by atoms with Crippen LogP contribution in [0.1, 0.15) is 32.6 Å². The van der Waals surface area contributed by atoms with E-state index in [9.17, 15) is 4.79 Å². The van der Waals surface area contributed by atoms with E-state index in [1.54, 1.807) is 13.3 Å². The molecule has 3 fully saturated rings. The molecule has 0 saturated heterocycles. The van der Waals surface area contributed by atoms with Crippen molar-refractivity contribution in [1.29, 1.82) is 0 Å². The van der Waals surface area contributed by atoms with Crippen LogP contribution in [0.4, 0.5) is 0 Å². The molecular weight excluding hydrogens is 348 g/mol. The van der Waals surface area contributed by atoms with E-state index in [1.165, 1.54) is 42.5 Å². The van der Waals surface area contributed by atoms with Crippen molar-refractivity contribution in [3.63, 3.8) is 0 Å². The topological polar surface area (TPSA) is 17.1 Å². The number of thioether (sulfide) groups is 4. The lowest BCUT2D eigenvalue weighted by Gasteiger charge is -2.31. The molecule has 6 unspecified atom stereocenters. The Balaban J connectivity index is 1.41. The van der Waals surface area contributed by atoms with Gasteiger partial charge in [0, 0.05) is 40.4 Å². The summed E-state index contributed by atoms with van der Waals surface area (Å²) >= 11 is 7.92. The zero-order valence-corrected chi connectivity index (χ0v) is 16.9. The van der Waals surface area contributed by atoms with Crippen LogP contribution >= 0.6 is 47.0 Å². The van der Waals surface area contributed by atoms with E-state index in [4.69, 9.17) is 0 Å². The first-order valence-corrected chi connectivity index (χ1v) is 13.0. The van der Waals surface area contributed by atoms with Crippen LogP contribution in [0.3, 0.4) is 0 Å². The highest BCUT2D eigenvalue weighted by Gasteiger charge is 2.55. The summed E-state index contributed by atoms with van der Waals surface area (Å²) in [6.07, 6.45) is 8.23. The summed E-state index contributed by atoms with van der Waals surface area (Å²) in [4.78, 5) is 11.0. The smallest absolute Gasteiger partial charge is 0.185 e. The van der Waals surface area contributed by atoms with Gasteiger partial charge in [0.15, 0.2) is 5.12 Å². The van der Waals surface area contributed by atoms with Crippen molar-refractivity contribution in [1.82, 2.24) is 0 Å². The Hall–Kier alpha value is 1.07. The van der Waals surface area contributed by atoms with Crippen molar-refractivity contribution in [3.8, 4) is 0 Å². The number of hydrogen-bond acceptors (Lipinski definition) is 5. The zero-order valence-electron chi connectivity index (χ0n) is 13.7. The lowest BCUT2D eigenvalue weighted by molar-refractivity contribution is -0.109. The summed E-state index contributed by atoms with van der Waals surface area (Å²) in [5.74, 6) is 9.04. The molecule has 3 rings (SSSR count).